The van der Waals surface area contributed by atoms with Crippen molar-refractivity contribution in [2.45, 2.75) is 58.8 Å². The largest absolute Gasteiger partial charge is 0.381 e. The maximum atomic E-state index is 5.36. The molecule has 32 heavy (non-hydrogen) atoms. The van der Waals surface area contributed by atoms with E-state index in [9.17, 15) is 0 Å². The molecule has 0 unspecified atom stereocenters. The van der Waals surface area contributed by atoms with Gasteiger partial charge < -0.3 is 9.72 Å². The van der Waals surface area contributed by atoms with E-state index in [4.69, 9.17) is 4.74 Å². The van der Waals surface area contributed by atoms with Crippen molar-refractivity contribution >= 4 is 16.6 Å². The number of hydrogen-bond acceptors (Lipinski definition) is 3. The van der Waals surface area contributed by atoms with Crippen LogP contribution in [0.1, 0.15) is 67.2 Å². The Labute approximate surface area is 189 Å². The van der Waals surface area contributed by atoms with Crippen LogP contribution in [0.25, 0.3) is 27.8 Å². The lowest BCUT2D eigenvalue weighted by Gasteiger charge is -2.39. The van der Waals surface area contributed by atoms with Crippen LogP contribution in [-0.4, -0.2) is 32.8 Å². The highest BCUT2D eigenvalue weighted by atomic mass is 16.5. The molecule has 0 atom stereocenters. The molecule has 2 fully saturated rings. The average molecular weight is 429 g/mol. The summed E-state index contributed by atoms with van der Waals surface area (Å²) in [6.45, 7) is 10.9. The standard InChI is InChI=1S/C27H32N4O/c1-15(2)25-22-10-20(21-8-18(9-21)7-19-12-32-13-19)5-6-24(22)30-26(25)23-11-31-27(28-14-29-31)17(4)16(23)3/h5-6,10-11,14-15,18-19,21,30H,7-9,12-13H2,1-4H3. The van der Waals surface area contributed by atoms with Crippen molar-refractivity contribution in [2.24, 2.45) is 11.8 Å². The number of aryl methyl sites for hydroxylation is 1. The fourth-order valence-electron chi connectivity index (χ4n) is 5.84. The van der Waals surface area contributed by atoms with E-state index in [0.29, 0.717) is 11.8 Å². The zero-order chi connectivity index (χ0) is 22.0. The molecule has 5 heteroatoms. The van der Waals surface area contributed by atoms with Crippen LogP contribution < -0.4 is 0 Å². The van der Waals surface area contributed by atoms with Crippen LogP contribution in [0.15, 0.2) is 30.7 Å². The van der Waals surface area contributed by atoms with E-state index in [1.165, 1.54) is 63.7 Å². The second-order valence-corrected chi connectivity index (χ2v) is 10.4. The van der Waals surface area contributed by atoms with E-state index >= 15 is 0 Å². The van der Waals surface area contributed by atoms with Gasteiger partial charge in [0, 0.05) is 28.6 Å². The number of aromatic amines is 1. The smallest absolute Gasteiger partial charge is 0.158 e. The summed E-state index contributed by atoms with van der Waals surface area (Å²) in [6.07, 6.45) is 7.78. The van der Waals surface area contributed by atoms with Crippen molar-refractivity contribution in [1.82, 2.24) is 19.6 Å². The third kappa shape index (κ3) is 3.09. The molecule has 1 aromatic carbocycles. The fraction of sp³-hybridized carbons (Fsp3) is 0.481. The summed E-state index contributed by atoms with van der Waals surface area (Å²) in [5.41, 5.74) is 9.97. The van der Waals surface area contributed by atoms with Gasteiger partial charge in [-0.1, -0.05) is 19.9 Å². The molecule has 4 heterocycles. The normalized spacial score (nSPS) is 21.4. The molecule has 1 saturated heterocycles. The van der Waals surface area contributed by atoms with Crippen LogP contribution in [0.5, 0.6) is 0 Å². The molecular formula is C27H32N4O. The lowest BCUT2D eigenvalue weighted by Crippen LogP contribution is -2.33. The van der Waals surface area contributed by atoms with Gasteiger partial charge in [-0.15, -0.1) is 0 Å². The van der Waals surface area contributed by atoms with Gasteiger partial charge in [0.2, 0.25) is 0 Å². The van der Waals surface area contributed by atoms with Gasteiger partial charge in [0.05, 0.1) is 18.9 Å². The second-order valence-electron chi connectivity index (χ2n) is 10.4. The SMILES string of the molecule is Cc1c(-c2[nH]c3ccc(C4CC(CC5COC5)C4)cc3c2C(C)C)cn2ncnc2c1C. The lowest BCUT2D eigenvalue weighted by atomic mass is 9.68. The molecule has 1 aliphatic carbocycles. The van der Waals surface area contributed by atoms with E-state index in [1.54, 1.807) is 6.33 Å². The first-order valence-corrected chi connectivity index (χ1v) is 12.0. The van der Waals surface area contributed by atoms with Gasteiger partial charge in [0.1, 0.15) is 6.33 Å². The summed E-state index contributed by atoms with van der Waals surface area (Å²) in [5, 5.41) is 5.79. The highest BCUT2D eigenvalue weighted by Crippen LogP contribution is 2.47. The number of rotatable bonds is 5. The molecule has 1 aliphatic heterocycles. The predicted octanol–water partition coefficient (Wildman–Crippen LogP) is 6.15. The van der Waals surface area contributed by atoms with Crippen molar-refractivity contribution < 1.29 is 4.74 Å². The number of ether oxygens (including phenoxy) is 1. The topological polar surface area (TPSA) is 55.2 Å². The van der Waals surface area contributed by atoms with Crippen molar-refractivity contribution in [3.05, 3.63) is 53.0 Å². The zero-order valence-electron chi connectivity index (χ0n) is 19.5. The Morgan fingerprint density at radius 2 is 1.94 bits per heavy atom. The van der Waals surface area contributed by atoms with Gasteiger partial charge in [-0.2, -0.15) is 5.10 Å². The Morgan fingerprint density at radius 3 is 2.66 bits per heavy atom. The molecule has 3 aromatic heterocycles. The Kier molecular flexibility index (Phi) is 4.65. The molecule has 0 spiro atoms. The van der Waals surface area contributed by atoms with Crippen molar-refractivity contribution in [3.8, 4) is 11.3 Å². The molecule has 6 rings (SSSR count). The predicted molar refractivity (Wildman–Crippen MR) is 128 cm³/mol. The highest BCUT2D eigenvalue weighted by molar-refractivity contribution is 5.92. The fourth-order valence-corrected chi connectivity index (χ4v) is 5.84. The average Bonchev–Trinajstić information content (AvgIpc) is 3.32. The van der Waals surface area contributed by atoms with Crippen molar-refractivity contribution in [3.63, 3.8) is 0 Å². The highest BCUT2D eigenvalue weighted by Gasteiger charge is 2.34. The summed E-state index contributed by atoms with van der Waals surface area (Å²) in [7, 11) is 0. The Balaban J connectivity index is 1.38. The number of pyridine rings is 1. The Bertz CT molecular complexity index is 1300. The second kappa shape index (κ2) is 7.45. The number of fused-ring (bicyclic) bond motifs is 2. The molecule has 1 N–H and O–H groups in total. The van der Waals surface area contributed by atoms with Gasteiger partial charge in [-0.25, -0.2) is 9.50 Å². The third-order valence-electron chi connectivity index (χ3n) is 7.92. The van der Waals surface area contributed by atoms with Crippen LogP contribution in [0, 0.1) is 25.7 Å². The minimum absolute atomic E-state index is 0.424. The molecule has 0 bridgehead atoms. The minimum Gasteiger partial charge on any atom is -0.381 e. The Morgan fingerprint density at radius 1 is 1.12 bits per heavy atom. The molecule has 0 radical (unpaired) electrons. The van der Waals surface area contributed by atoms with Gasteiger partial charge in [0.25, 0.3) is 0 Å². The van der Waals surface area contributed by atoms with Crippen molar-refractivity contribution in [2.75, 3.05) is 13.2 Å². The number of hydrogen-bond donors (Lipinski definition) is 1. The van der Waals surface area contributed by atoms with Crippen LogP contribution in [-0.2, 0) is 4.74 Å². The monoisotopic (exact) mass is 428 g/mol. The van der Waals surface area contributed by atoms with E-state index < -0.39 is 0 Å². The maximum Gasteiger partial charge on any atom is 0.158 e. The lowest BCUT2D eigenvalue weighted by molar-refractivity contribution is -0.0489. The van der Waals surface area contributed by atoms with Gasteiger partial charge in [-0.05, 0) is 85.3 Å². The molecular weight excluding hydrogens is 396 g/mol. The Hall–Kier alpha value is -2.66. The molecule has 1 saturated carbocycles. The first kappa shape index (κ1) is 20.0. The number of nitrogens with one attached hydrogen (secondary N) is 1. The molecule has 4 aromatic rings. The van der Waals surface area contributed by atoms with E-state index in [-0.39, 0.29) is 0 Å². The molecule has 5 nitrogen and oxygen atoms in total. The summed E-state index contributed by atoms with van der Waals surface area (Å²) in [4.78, 5) is 8.19. The summed E-state index contributed by atoms with van der Waals surface area (Å²) < 4.78 is 7.26. The van der Waals surface area contributed by atoms with Crippen molar-refractivity contribution in [1.29, 1.82) is 0 Å². The minimum atomic E-state index is 0.424. The zero-order valence-corrected chi connectivity index (χ0v) is 19.5. The summed E-state index contributed by atoms with van der Waals surface area (Å²) in [6, 6.07) is 7.11. The number of aromatic nitrogens is 4. The first-order valence-electron chi connectivity index (χ1n) is 12.0. The van der Waals surface area contributed by atoms with E-state index in [1.807, 2.05) is 4.52 Å². The van der Waals surface area contributed by atoms with Crippen LogP contribution in [0.2, 0.25) is 0 Å². The van der Waals surface area contributed by atoms with Gasteiger partial charge in [-0.3, -0.25) is 0 Å². The van der Waals surface area contributed by atoms with Gasteiger partial charge in [0.15, 0.2) is 5.65 Å². The van der Waals surface area contributed by atoms with E-state index in [0.717, 1.165) is 30.7 Å². The summed E-state index contributed by atoms with van der Waals surface area (Å²) in [5.74, 6) is 2.83. The molecule has 0 amide bonds. The van der Waals surface area contributed by atoms with Gasteiger partial charge >= 0.3 is 0 Å². The first-order chi connectivity index (χ1) is 15.5. The van der Waals surface area contributed by atoms with E-state index in [2.05, 4.69) is 67.2 Å². The van der Waals surface area contributed by atoms with Crippen LogP contribution >= 0.6 is 0 Å². The molecule has 2 aliphatic rings. The molecule has 166 valence electrons. The summed E-state index contributed by atoms with van der Waals surface area (Å²) >= 11 is 0. The third-order valence-corrected chi connectivity index (χ3v) is 7.92. The quantitative estimate of drug-likeness (QED) is 0.415. The van der Waals surface area contributed by atoms with Crippen LogP contribution in [0.3, 0.4) is 0 Å². The van der Waals surface area contributed by atoms with Crippen LogP contribution in [0.4, 0.5) is 0 Å². The number of nitrogens with zero attached hydrogens (tertiary/aromatic N) is 3. The number of benzene rings is 1. The number of H-pyrrole nitrogens is 1. The maximum absolute atomic E-state index is 5.36.